The van der Waals surface area contributed by atoms with Crippen molar-refractivity contribution in [3.63, 3.8) is 0 Å². The molecule has 0 radical (unpaired) electrons. The van der Waals surface area contributed by atoms with Crippen molar-refractivity contribution in [3.05, 3.63) is 34.5 Å². The minimum Gasteiger partial charge on any atom is -0.462 e. The van der Waals surface area contributed by atoms with Crippen molar-refractivity contribution in [2.45, 2.75) is 62.8 Å². The quantitative estimate of drug-likeness (QED) is 0.422. The van der Waals surface area contributed by atoms with Gasteiger partial charge in [0, 0.05) is 17.3 Å². The van der Waals surface area contributed by atoms with E-state index in [2.05, 4.69) is 15.3 Å². The number of carbonyl (C=O) groups is 2. The summed E-state index contributed by atoms with van der Waals surface area (Å²) >= 11 is 2.81. The number of nitrogens with one attached hydrogen (secondary N) is 1. The van der Waals surface area contributed by atoms with Gasteiger partial charge in [-0.25, -0.2) is 14.8 Å². The van der Waals surface area contributed by atoms with Crippen LogP contribution >= 0.6 is 23.1 Å². The van der Waals surface area contributed by atoms with Crippen LogP contribution in [0.1, 0.15) is 60.3 Å². The van der Waals surface area contributed by atoms with Gasteiger partial charge in [-0.1, -0.05) is 24.6 Å². The van der Waals surface area contributed by atoms with Gasteiger partial charge in [0.25, 0.3) is 0 Å². The first kappa shape index (κ1) is 20.8. The van der Waals surface area contributed by atoms with Gasteiger partial charge in [0.15, 0.2) is 5.16 Å². The standard InChI is InChI=1S/C20H25N3O3S2/c1-3-26-19(25)16-14-9-6-4-5-7-10-15(14)28-18(16)23-17(24)13(2)27-20-21-11-8-12-22-20/h8,11-13H,3-7,9-10H2,1-2H3,(H,23,24). The molecular weight excluding hydrogens is 394 g/mol. The molecule has 150 valence electrons. The summed E-state index contributed by atoms with van der Waals surface area (Å²) in [5.41, 5.74) is 1.61. The zero-order valence-corrected chi connectivity index (χ0v) is 17.8. The number of carbonyl (C=O) groups excluding carboxylic acids is 2. The lowest BCUT2D eigenvalue weighted by Crippen LogP contribution is -2.23. The molecule has 0 aromatic carbocycles. The molecule has 0 saturated carbocycles. The molecule has 2 heterocycles. The molecule has 0 bridgehead atoms. The van der Waals surface area contributed by atoms with Crippen molar-refractivity contribution >= 4 is 40.0 Å². The lowest BCUT2D eigenvalue weighted by atomic mass is 9.96. The SMILES string of the molecule is CCOC(=O)c1c(NC(=O)C(C)Sc2ncccn2)sc2c1CCCCCC2. The molecule has 2 aromatic heterocycles. The van der Waals surface area contributed by atoms with Crippen molar-refractivity contribution in [1.82, 2.24) is 9.97 Å². The van der Waals surface area contributed by atoms with E-state index < -0.39 is 0 Å². The Bertz CT molecular complexity index is 824. The molecule has 2 aromatic rings. The van der Waals surface area contributed by atoms with Crippen LogP contribution < -0.4 is 5.32 Å². The number of hydrogen-bond donors (Lipinski definition) is 1. The number of hydrogen-bond acceptors (Lipinski definition) is 7. The molecule has 1 atom stereocenters. The molecule has 1 amide bonds. The van der Waals surface area contributed by atoms with E-state index in [9.17, 15) is 9.59 Å². The predicted octanol–water partition coefficient (Wildman–Crippen LogP) is 4.49. The molecule has 1 aliphatic rings. The van der Waals surface area contributed by atoms with Crippen LogP contribution in [0.15, 0.2) is 23.6 Å². The fraction of sp³-hybridized carbons (Fsp3) is 0.500. The largest absolute Gasteiger partial charge is 0.462 e. The summed E-state index contributed by atoms with van der Waals surface area (Å²) in [6.45, 7) is 3.92. The number of aryl methyl sites for hydroxylation is 1. The number of anilines is 1. The first-order chi connectivity index (χ1) is 13.6. The fourth-order valence-electron chi connectivity index (χ4n) is 3.20. The van der Waals surface area contributed by atoms with E-state index >= 15 is 0 Å². The minimum absolute atomic E-state index is 0.169. The van der Waals surface area contributed by atoms with E-state index in [4.69, 9.17) is 4.74 Å². The lowest BCUT2D eigenvalue weighted by molar-refractivity contribution is -0.115. The van der Waals surface area contributed by atoms with Crippen molar-refractivity contribution in [3.8, 4) is 0 Å². The highest BCUT2D eigenvalue weighted by atomic mass is 32.2. The highest BCUT2D eigenvalue weighted by molar-refractivity contribution is 8.00. The smallest absolute Gasteiger partial charge is 0.341 e. The third-order valence-electron chi connectivity index (χ3n) is 4.58. The Balaban J connectivity index is 1.82. The van der Waals surface area contributed by atoms with Gasteiger partial charge in [0.05, 0.1) is 17.4 Å². The molecule has 1 unspecified atom stereocenters. The Labute approximate surface area is 173 Å². The molecule has 1 N–H and O–H groups in total. The van der Waals surface area contributed by atoms with Crippen molar-refractivity contribution in [2.24, 2.45) is 0 Å². The third kappa shape index (κ3) is 5.11. The third-order valence-corrected chi connectivity index (χ3v) is 6.78. The maximum absolute atomic E-state index is 12.8. The molecule has 3 rings (SSSR count). The van der Waals surface area contributed by atoms with E-state index in [1.807, 2.05) is 6.92 Å². The minimum atomic E-state index is -0.387. The molecule has 8 heteroatoms. The second-order valence-electron chi connectivity index (χ2n) is 6.62. The predicted molar refractivity (Wildman–Crippen MR) is 112 cm³/mol. The highest BCUT2D eigenvalue weighted by Gasteiger charge is 2.27. The number of esters is 1. The lowest BCUT2D eigenvalue weighted by Gasteiger charge is -2.12. The second kappa shape index (κ2) is 10.0. The molecule has 6 nitrogen and oxygen atoms in total. The van der Waals surface area contributed by atoms with Gasteiger partial charge < -0.3 is 10.1 Å². The number of fused-ring (bicyclic) bond motifs is 1. The summed E-state index contributed by atoms with van der Waals surface area (Å²) < 4.78 is 5.29. The van der Waals surface area contributed by atoms with E-state index in [0.29, 0.717) is 22.3 Å². The Hall–Kier alpha value is -1.93. The first-order valence-corrected chi connectivity index (χ1v) is 11.4. The highest BCUT2D eigenvalue weighted by Crippen LogP contribution is 2.38. The van der Waals surface area contributed by atoms with Crippen LogP contribution in [0.4, 0.5) is 5.00 Å². The number of thioether (sulfide) groups is 1. The van der Waals surface area contributed by atoms with Crippen molar-refractivity contribution in [2.75, 3.05) is 11.9 Å². The molecule has 0 saturated heterocycles. The van der Waals surface area contributed by atoms with Gasteiger partial charge in [-0.15, -0.1) is 11.3 Å². The van der Waals surface area contributed by atoms with Crippen molar-refractivity contribution in [1.29, 1.82) is 0 Å². The van der Waals surface area contributed by atoms with E-state index in [-0.39, 0.29) is 17.1 Å². The molecule has 0 aliphatic heterocycles. The van der Waals surface area contributed by atoms with E-state index in [0.717, 1.165) is 31.2 Å². The monoisotopic (exact) mass is 419 g/mol. The topological polar surface area (TPSA) is 81.2 Å². The van der Waals surface area contributed by atoms with Crippen LogP contribution in [0.25, 0.3) is 0 Å². The molecular formula is C20H25N3O3S2. The number of aromatic nitrogens is 2. The second-order valence-corrected chi connectivity index (χ2v) is 9.04. The maximum atomic E-state index is 12.8. The molecule has 0 fully saturated rings. The number of thiophene rings is 1. The van der Waals surface area contributed by atoms with Crippen LogP contribution in [-0.2, 0) is 22.4 Å². The van der Waals surface area contributed by atoms with E-state index in [1.165, 1.54) is 40.8 Å². The zero-order chi connectivity index (χ0) is 19.9. The van der Waals surface area contributed by atoms with E-state index in [1.54, 1.807) is 25.4 Å². The molecule has 1 aliphatic carbocycles. The Morgan fingerprint density at radius 2 is 1.93 bits per heavy atom. The Morgan fingerprint density at radius 3 is 2.64 bits per heavy atom. The van der Waals surface area contributed by atoms with Gasteiger partial charge >= 0.3 is 5.97 Å². The Morgan fingerprint density at radius 1 is 1.21 bits per heavy atom. The average molecular weight is 420 g/mol. The van der Waals surface area contributed by atoms with Gasteiger partial charge in [-0.05, 0) is 51.2 Å². The van der Waals surface area contributed by atoms with Crippen LogP contribution in [-0.4, -0.2) is 33.7 Å². The summed E-state index contributed by atoms with van der Waals surface area (Å²) in [6.07, 6.45) is 9.66. The summed E-state index contributed by atoms with van der Waals surface area (Å²) in [5.74, 6) is -0.514. The first-order valence-electron chi connectivity index (χ1n) is 9.66. The Kier molecular flexibility index (Phi) is 7.44. The van der Waals surface area contributed by atoms with Crippen LogP contribution in [0.2, 0.25) is 0 Å². The maximum Gasteiger partial charge on any atom is 0.341 e. The van der Waals surface area contributed by atoms with Crippen LogP contribution in [0.3, 0.4) is 0 Å². The number of ether oxygens (including phenoxy) is 1. The summed E-state index contributed by atoms with van der Waals surface area (Å²) in [7, 11) is 0. The van der Waals surface area contributed by atoms with Crippen molar-refractivity contribution < 1.29 is 14.3 Å². The normalized spacial score (nSPS) is 15.1. The van der Waals surface area contributed by atoms with Gasteiger partial charge in [-0.2, -0.15) is 0 Å². The summed E-state index contributed by atoms with van der Waals surface area (Å²) in [4.78, 5) is 34.9. The van der Waals surface area contributed by atoms with Crippen LogP contribution in [0.5, 0.6) is 0 Å². The van der Waals surface area contributed by atoms with Gasteiger partial charge in [-0.3, -0.25) is 4.79 Å². The number of nitrogens with zero attached hydrogens (tertiary/aromatic N) is 2. The summed E-state index contributed by atoms with van der Waals surface area (Å²) in [6, 6.07) is 1.74. The number of rotatable bonds is 6. The summed E-state index contributed by atoms with van der Waals surface area (Å²) in [5, 5.41) is 3.74. The van der Waals surface area contributed by atoms with Gasteiger partial charge in [0.1, 0.15) is 5.00 Å². The average Bonchev–Trinajstić information content (AvgIpc) is 2.99. The number of amides is 1. The fourth-order valence-corrected chi connectivity index (χ4v) is 5.20. The van der Waals surface area contributed by atoms with Crippen LogP contribution in [0, 0.1) is 0 Å². The molecule has 0 spiro atoms. The molecule has 28 heavy (non-hydrogen) atoms. The van der Waals surface area contributed by atoms with Gasteiger partial charge in [0.2, 0.25) is 5.91 Å². The zero-order valence-electron chi connectivity index (χ0n) is 16.2.